The Hall–Kier alpha value is -1.22. The highest BCUT2D eigenvalue weighted by Crippen LogP contribution is 2.46. The third-order valence-electron chi connectivity index (χ3n) is 4.41. The molecular weight excluding hydrogens is 238 g/mol. The van der Waals surface area contributed by atoms with Crippen LogP contribution in [0.15, 0.2) is 18.2 Å². The summed E-state index contributed by atoms with van der Waals surface area (Å²) >= 11 is 0. The number of hydrogen-bond donors (Lipinski definition) is 1. The number of hydrogen-bond acceptors (Lipinski definition) is 3. The van der Waals surface area contributed by atoms with Gasteiger partial charge in [-0.05, 0) is 31.9 Å². The van der Waals surface area contributed by atoms with Crippen LogP contribution in [-0.2, 0) is 5.41 Å². The molecule has 1 aliphatic rings. The van der Waals surface area contributed by atoms with Gasteiger partial charge in [-0.1, -0.05) is 25.3 Å². The maximum Gasteiger partial charge on any atom is 0.126 e. The third kappa shape index (κ3) is 2.86. The van der Waals surface area contributed by atoms with Gasteiger partial charge in [0.2, 0.25) is 0 Å². The summed E-state index contributed by atoms with van der Waals surface area (Å²) in [6.07, 6.45) is 7.38. The number of benzene rings is 1. The molecule has 0 aliphatic heterocycles. The van der Waals surface area contributed by atoms with E-state index in [0.29, 0.717) is 0 Å². The van der Waals surface area contributed by atoms with Crippen LogP contribution in [0.25, 0.3) is 0 Å². The molecule has 0 unspecified atom stereocenters. The second-order valence-corrected chi connectivity index (χ2v) is 5.45. The fourth-order valence-corrected chi connectivity index (χ4v) is 3.40. The van der Waals surface area contributed by atoms with E-state index in [0.717, 1.165) is 24.5 Å². The largest absolute Gasteiger partial charge is 0.497 e. The van der Waals surface area contributed by atoms with Gasteiger partial charge in [0.25, 0.3) is 0 Å². The zero-order chi connectivity index (χ0) is 13.7. The second kappa shape index (κ2) is 6.29. The minimum atomic E-state index is 0.199. The topological polar surface area (TPSA) is 44.5 Å². The van der Waals surface area contributed by atoms with E-state index < -0.39 is 0 Å². The van der Waals surface area contributed by atoms with Gasteiger partial charge in [0.15, 0.2) is 0 Å². The molecule has 0 heterocycles. The van der Waals surface area contributed by atoms with Crippen molar-refractivity contribution in [1.29, 1.82) is 0 Å². The second-order valence-electron chi connectivity index (χ2n) is 5.45. The molecule has 1 fully saturated rings. The van der Waals surface area contributed by atoms with Crippen LogP contribution in [-0.4, -0.2) is 20.8 Å². The summed E-state index contributed by atoms with van der Waals surface area (Å²) in [5, 5.41) is 0. The highest BCUT2D eigenvalue weighted by molar-refractivity contribution is 5.45. The molecule has 0 amide bonds. The molecule has 1 aliphatic carbocycles. The van der Waals surface area contributed by atoms with Crippen LogP contribution in [0.5, 0.6) is 11.5 Å². The lowest BCUT2D eigenvalue weighted by molar-refractivity contribution is 0.266. The number of nitrogens with two attached hydrogens (primary N) is 1. The SMILES string of the molecule is COc1ccc(C2(CCN)CCCCC2)c(OC)c1. The fraction of sp³-hybridized carbons (Fsp3) is 0.625. The first-order valence-electron chi connectivity index (χ1n) is 7.18. The van der Waals surface area contributed by atoms with E-state index >= 15 is 0 Å². The van der Waals surface area contributed by atoms with Crippen molar-refractivity contribution in [2.24, 2.45) is 5.73 Å². The Morgan fingerprint density at radius 3 is 2.42 bits per heavy atom. The Morgan fingerprint density at radius 2 is 1.84 bits per heavy atom. The molecule has 0 radical (unpaired) electrons. The van der Waals surface area contributed by atoms with Crippen molar-refractivity contribution in [1.82, 2.24) is 0 Å². The van der Waals surface area contributed by atoms with E-state index in [1.165, 1.54) is 37.7 Å². The molecule has 1 aromatic carbocycles. The molecule has 2 N–H and O–H groups in total. The van der Waals surface area contributed by atoms with Crippen molar-refractivity contribution in [2.75, 3.05) is 20.8 Å². The Bertz CT molecular complexity index is 406. The molecule has 106 valence electrons. The summed E-state index contributed by atoms with van der Waals surface area (Å²) < 4.78 is 10.9. The maximum atomic E-state index is 5.86. The Kier molecular flexibility index (Phi) is 4.70. The van der Waals surface area contributed by atoms with Gasteiger partial charge >= 0.3 is 0 Å². The lowest BCUT2D eigenvalue weighted by Gasteiger charge is -2.38. The smallest absolute Gasteiger partial charge is 0.126 e. The van der Waals surface area contributed by atoms with Gasteiger partial charge in [-0.15, -0.1) is 0 Å². The van der Waals surface area contributed by atoms with Gasteiger partial charge in [-0.2, -0.15) is 0 Å². The van der Waals surface area contributed by atoms with E-state index in [1.54, 1.807) is 14.2 Å². The van der Waals surface area contributed by atoms with Gasteiger partial charge in [-0.25, -0.2) is 0 Å². The molecule has 2 rings (SSSR count). The van der Waals surface area contributed by atoms with Crippen molar-refractivity contribution >= 4 is 0 Å². The summed E-state index contributed by atoms with van der Waals surface area (Å²) in [5.74, 6) is 1.79. The molecule has 3 nitrogen and oxygen atoms in total. The van der Waals surface area contributed by atoms with Crippen molar-refractivity contribution in [3.8, 4) is 11.5 Å². The normalized spacial score (nSPS) is 18.1. The van der Waals surface area contributed by atoms with Crippen molar-refractivity contribution in [3.05, 3.63) is 23.8 Å². The summed E-state index contributed by atoms with van der Waals surface area (Å²) in [4.78, 5) is 0. The third-order valence-corrected chi connectivity index (χ3v) is 4.41. The molecule has 19 heavy (non-hydrogen) atoms. The first-order valence-corrected chi connectivity index (χ1v) is 7.18. The van der Waals surface area contributed by atoms with Crippen molar-refractivity contribution in [2.45, 2.75) is 43.9 Å². The van der Waals surface area contributed by atoms with E-state index in [4.69, 9.17) is 15.2 Å². The monoisotopic (exact) mass is 263 g/mol. The molecule has 0 spiro atoms. The molecule has 0 atom stereocenters. The minimum absolute atomic E-state index is 0.199. The molecule has 3 heteroatoms. The maximum absolute atomic E-state index is 5.86. The number of rotatable bonds is 5. The first kappa shape index (κ1) is 14.2. The average molecular weight is 263 g/mol. The zero-order valence-corrected chi connectivity index (χ0v) is 12.1. The highest BCUT2D eigenvalue weighted by Gasteiger charge is 2.35. The van der Waals surface area contributed by atoms with Crippen molar-refractivity contribution < 1.29 is 9.47 Å². The highest BCUT2D eigenvalue weighted by atomic mass is 16.5. The Labute approximate surface area is 116 Å². The van der Waals surface area contributed by atoms with E-state index in [-0.39, 0.29) is 5.41 Å². The quantitative estimate of drug-likeness (QED) is 0.887. The average Bonchev–Trinajstić information content (AvgIpc) is 2.47. The Morgan fingerprint density at radius 1 is 1.11 bits per heavy atom. The zero-order valence-electron chi connectivity index (χ0n) is 12.1. The molecule has 0 saturated heterocycles. The fourth-order valence-electron chi connectivity index (χ4n) is 3.40. The predicted molar refractivity (Wildman–Crippen MR) is 78.0 cm³/mol. The van der Waals surface area contributed by atoms with Gasteiger partial charge in [0.1, 0.15) is 11.5 Å². The van der Waals surface area contributed by atoms with Crippen LogP contribution >= 0.6 is 0 Å². The lowest BCUT2D eigenvalue weighted by atomic mass is 9.67. The summed E-state index contributed by atoms with van der Waals surface area (Å²) in [7, 11) is 3.42. The predicted octanol–water partition coefficient (Wildman–Crippen LogP) is 3.25. The van der Waals surface area contributed by atoms with Gasteiger partial charge < -0.3 is 15.2 Å². The first-order chi connectivity index (χ1) is 9.25. The van der Waals surface area contributed by atoms with Crippen LogP contribution in [0, 0.1) is 0 Å². The summed E-state index contributed by atoms with van der Waals surface area (Å²) in [6, 6.07) is 6.19. The van der Waals surface area contributed by atoms with E-state index in [2.05, 4.69) is 6.07 Å². The molecule has 1 aromatic rings. The van der Waals surface area contributed by atoms with Crippen LogP contribution < -0.4 is 15.2 Å². The van der Waals surface area contributed by atoms with E-state index in [9.17, 15) is 0 Å². The van der Waals surface area contributed by atoms with Gasteiger partial charge in [0.05, 0.1) is 14.2 Å². The standard InChI is InChI=1S/C16H25NO2/c1-18-13-6-7-14(15(12-13)19-2)16(10-11-17)8-4-3-5-9-16/h6-7,12H,3-5,8-11,17H2,1-2H3. The Balaban J connectivity index is 2.40. The van der Waals surface area contributed by atoms with Gasteiger partial charge in [-0.3, -0.25) is 0 Å². The van der Waals surface area contributed by atoms with Crippen LogP contribution in [0.1, 0.15) is 44.1 Å². The van der Waals surface area contributed by atoms with Crippen LogP contribution in [0.4, 0.5) is 0 Å². The lowest BCUT2D eigenvalue weighted by Crippen LogP contribution is -2.32. The molecule has 0 bridgehead atoms. The molecular formula is C16H25NO2. The van der Waals surface area contributed by atoms with Crippen LogP contribution in [0.2, 0.25) is 0 Å². The number of ether oxygens (including phenoxy) is 2. The molecule has 1 saturated carbocycles. The van der Waals surface area contributed by atoms with Crippen molar-refractivity contribution in [3.63, 3.8) is 0 Å². The number of methoxy groups -OCH3 is 2. The van der Waals surface area contributed by atoms with E-state index in [1.807, 2.05) is 12.1 Å². The molecule has 0 aromatic heterocycles. The van der Waals surface area contributed by atoms with Crippen LogP contribution in [0.3, 0.4) is 0 Å². The minimum Gasteiger partial charge on any atom is -0.497 e. The summed E-state index contributed by atoms with van der Waals surface area (Å²) in [6.45, 7) is 0.731. The summed E-state index contributed by atoms with van der Waals surface area (Å²) in [5.41, 5.74) is 7.37. The van der Waals surface area contributed by atoms with Gasteiger partial charge in [0, 0.05) is 17.0 Å².